The first-order chi connectivity index (χ1) is 9.32. The van der Waals surface area contributed by atoms with Gasteiger partial charge in [-0.2, -0.15) is 0 Å². The summed E-state index contributed by atoms with van der Waals surface area (Å²) in [7, 11) is 0. The molecule has 7 heteroatoms. The first kappa shape index (κ1) is 14.5. The van der Waals surface area contributed by atoms with Gasteiger partial charge in [0, 0.05) is 13.1 Å². The summed E-state index contributed by atoms with van der Waals surface area (Å²) < 4.78 is 0. The zero-order chi connectivity index (χ0) is 14.9. The number of hydrogen-bond donors (Lipinski definition) is 2. The van der Waals surface area contributed by atoms with Crippen LogP contribution in [0.5, 0.6) is 0 Å². The van der Waals surface area contributed by atoms with Crippen LogP contribution in [0.25, 0.3) is 0 Å². The second kappa shape index (κ2) is 5.22. The van der Waals surface area contributed by atoms with E-state index in [1.54, 1.807) is 25.7 Å². The number of carboxylic acid groups (broad SMARTS) is 1. The van der Waals surface area contributed by atoms with Gasteiger partial charge in [-0.1, -0.05) is 0 Å². The van der Waals surface area contributed by atoms with Gasteiger partial charge in [0.15, 0.2) is 0 Å². The molecule has 20 heavy (non-hydrogen) atoms. The van der Waals surface area contributed by atoms with Crippen molar-refractivity contribution in [3.05, 3.63) is 11.6 Å². The average molecular weight is 280 g/mol. The number of nitrogens with zero attached hydrogens (tertiary/aromatic N) is 3. The topological polar surface area (TPSA) is 99.2 Å². The number of aryl methyl sites for hydroxylation is 1. The number of likely N-dealkylation sites (tertiary alicyclic amines) is 1. The standard InChI is InChI=1S/C13H20N4O3/c1-8-14-10(16-15-8)11(18)17-6-4-5-9(7-17)13(2,3)12(19)20/h9H,4-7H2,1-3H3,(H,19,20)(H,14,15,16). The summed E-state index contributed by atoms with van der Waals surface area (Å²) in [5.74, 6) is -0.382. The lowest BCUT2D eigenvalue weighted by molar-refractivity contribution is -0.151. The second-order valence-corrected chi connectivity index (χ2v) is 5.86. The number of aromatic amines is 1. The molecule has 2 N–H and O–H groups in total. The Bertz CT molecular complexity index is 523. The van der Waals surface area contributed by atoms with Gasteiger partial charge in [-0.05, 0) is 39.5 Å². The Hall–Kier alpha value is -1.92. The third kappa shape index (κ3) is 2.66. The maximum Gasteiger partial charge on any atom is 0.309 e. The highest BCUT2D eigenvalue weighted by atomic mass is 16.4. The number of hydrogen-bond acceptors (Lipinski definition) is 4. The largest absolute Gasteiger partial charge is 0.481 e. The smallest absolute Gasteiger partial charge is 0.309 e. The van der Waals surface area contributed by atoms with Crippen molar-refractivity contribution in [2.24, 2.45) is 11.3 Å². The van der Waals surface area contributed by atoms with E-state index in [0.29, 0.717) is 18.9 Å². The number of aliphatic carboxylic acids is 1. The average Bonchev–Trinajstić information content (AvgIpc) is 2.84. The zero-order valence-electron chi connectivity index (χ0n) is 12.0. The van der Waals surface area contributed by atoms with Crippen molar-refractivity contribution in [2.75, 3.05) is 13.1 Å². The number of carbonyl (C=O) groups is 2. The summed E-state index contributed by atoms with van der Waals surface area (Å²) in [6.07, 6.45) is 1.62. The molecule has 2 heterocycles. The lowest BCUT2D eigenvalue weighted by atomic mass is 9.74. The number of aromatic nitrogens is 3. The molecule has 1 amide bonds. The number of H-pyrrole nitrogens is 1. The van der Waals surface area contributed by atoms with E-state index in [1.807, 2.05) is 0 Å². The molecule has 0 radical (unpaired) electrons. The van der Waals surface area contributed by atoms with Crippen LogP contribution >= 0.6 is 0 Å². The molecule has 1 atom stereocenters. The Kier molecular flexibility index (Phi) is 3.78. The fourth-order valence-electron chi connectivity index (χ4n) is 2.51. The van der Waals surface area contributed by atoms with Gasteiger partial charge in [-0.15, -0.1) is 5.10 Å². The van der Waals surface area contributed by atoms with Crippen molar-refractivity contribution in [1.82, 2.24) is 20.1 Å². The van der Waals surface area contributed by atoms with Gasteiger partial charge in [-0.25, -0.2) is 4.98 Å². The fraction of sp³-hybridized carbons (Fsp3) is 0.692. The van der Waals surface area contributed by atoms with Crippen LogP contribution in [-0.4, -0.2) is 50.2 Å². The van der Waals surface area contributed by atoms with Gasteiger partial charge >= 0.3 is 5.97 Å². The number of carboxylic acids is 1. The summed E-state index contributed by atoms with van der Waals surface area (Å²) in [5.41, 5.74) is -0.839. The van der Waals surface area contributed by atoms with Crippen LogP contribution in [0.15, 0.2) is 0 Å². The predicted molar refractivity (Wildman–Crippen MR) is 71.2 cm³/mol. The molecular formula is C13H20N4O3. The Labute approximate surface area is 117 Å². The van der Waals surface area contributed by atoms with Gasteiger partial charge in [0.1, 0.15) is 5.82 Å². The van der Waals surface area contributed by atoms with Crippen molar-refractivity contribution < 1.29 is 14.7 Å². The molecule has 0 aliphatic carbocycles. The third-order valence-electron chi connectivity index (χ3n) is 4.07. The molecule has 2 rings (SSSR count). The number of amides is 1. The number of rotatable bonds is 3. The molecule has 0 spiro atoms. The van der Waals surface area contributed by atoms with Crippen molar-refractivity contribution in [2.45, 2.75) is 33.6 Å². The predicted octanol–water partition coefficient (Wildman–Crippen LogP) is 1.08. The quantitative estimate of drug-likeness (QED) is 0.863. The van der Waals surface area contributed by atoms with Crippen molar-refractivity contribution in [1.29, 1.82) is 0 Å². The van der Waals surface area contributed by atoms with Crippen LogP contribution in [0.1, 0.15) is 43.1 Å². The highest BCUT2D eigenvalue weighted by molar-refractivity contribution is 5.90. The molecule has 0 saturated carbocycles. The lowest BCUT2D eigenvalue weighted by Gasteiger charge is -2.38. The summed E-state index contributed by atoms with van der Waals surface area (Å²) in [6, 6.07) is 0. The van der Waals surface area contributed by atoms with Gasteiger partial charge in [0.2, 0.25) is 5.82 Å². The Morgan fingerprint density at radius 1 is 1.45 bits per heavy atom. The molecule has 1 unspecified atom stereocenters. The normalized spacial score (nSPS) is 19.9. The maximum atomic E-state index is 12.3. The molecule has 7 nitrogen and oxygen atoms in total. The van der Waals surface area contributed by atoms with Crippen molar-refractivity contribution in [3.63, 3.8) is 0 Å². The first-order valence-corrected chi connectivity index (χ1v) is 6.74. The van der Waals surface area contributed by atoms with Crippen LogP contribution in [-0.2, 0) is 4.79 Å². The molecule has 1 aromatic rings. The third-order valence-corrected chi connectivity index (χ3v) is 4.07. The zero-order valence-corrected chi connectivity index (χ0v) is 12.0. The molecule has 1 fully saturated rings. The minimum Gasteiger partial charge on any atom is -0.481 e. The molecule has 1 aliphatic rings. The molecule has 1 aliphatic heterocycles. The van der Waals surface area contributed by atoms with E-state index in [9.17, 15) is 14.7 Å². The van der Waals surface area contributed by atoms with Crippen molar-refractivity contribution in [3.8, 4) is 0 Å². The minimum atomic E-state index is -0.839. The highest BCUT2D eigenvalue weighted by Crippen LogP contribution is 2.34. The number of nitrogens with one attached hydrogen (secondary N) is 1. The summed E-state index contributed by atoms with van der Waals surface area (Å²) in [6.45, 7) is 6.22. The van der Waals surface area contributed by atoms with E-state index in [0.717, 1.165) is 12.8 Å². The monoisotopic (exact) mass is 280 g/mol. The molecule has 1 saturated heterocycles. The summed E-state index contributed by atoms with van der Waals surface area (Å²) >= 11 is 0. The summed E-state index contributed by atoms with van der Waals surface area (Å²) in [4.78, 5) is 29.3. The van der Waals surface area contributed by atoms with E-state index in [4.69, 9.17) is 0 Å². The fourth-order valence-corrected chi connectivity index (χ4v) is 2.51. The van der Waals surface area contributed by atoms with E-state index >= 15 is 0 Å². The first-order valence-electron chi connectivity index (χ1n) is 6.74. The van der Waals surface area contributed by atoms with Gasteiger partial charge in [-0.3, -0.25) is 14.7 Å². The van der Waals surface area contributed by atoms with E-state index in [1.165, 1.54) is 0 Å². The highest BCUT2D eigenvalue weighted by Gasteiger charge is 2.40. The Balaban J connectivity index is 2.11. The van der Waals surface area contributed by atoms with E-state index in [2.05, 4.69) is 15.2 Å². The van der Waals surface area contributed by atoms with Crippen LogP contribution in [0, 0.1) is 18.3 Å². The van der Waals surface area contributed by atoms with Crippen LogP contribution in [0.2, 0.25) is 0 Å². The second-order valence-electron chi connectivity index (χ2n) is 5.86. The molecule has 1 aromatic heterocycles. The molecular weight excluding hydrogens is 260 g/mol. The molecule has 0 bridgehead atoms. The van der Waals surface area contributed by atoms with Crippen molar-refractivity contribution >= 4 is 11.9 Å². The Morgan fingerprint density at radius 3 is 2.70 bits per heavy atom. The van der Waals surface area contributed by atoms with E-state index < -0.39 is 11.4 Å². The summed E-state index contributed by atoms with van der Waals surface area (Å²) in [5, 5.41) is 15.8. The van der Waals surface area contributed by atoms with Gasteiger partial charge < -0.3 is 10.0 Å². The van der Waals surface area contributed by atoms with E-state index in [-0.39, 0.29) is 17.6 Å². The number of carbonyl (C=O) groups excluding carboxylic acids is 1. The molecule has 110 valence electrons. The number of piperidine rings is 1. The van der Waals surface area contributed by atoms with Crippen LogP contribution in [0.3, 0.4) is 0 Å². The lowest BCUT2D eigenvalue weighted by Crippen LogP contribution is -2.47. The van der Waals surface area contributed by atoms with Gasteiger partial charge in [0.05, 0.1) is 5.41 Å². The minimum absolute atomic E-state index is 0.0576. The van der Waals surface area contributed by atoms with Crippen LogP contribution in [0.4, 0.5) is 0 Å². The Morgan fingerprint density at radius 2 is 2.15 bits per heavy atom. The SMILES string of the molecule is Cc1nc(C(=O)N2CCCC(C(C)(C)C(=O)O)C2)n[nH]1. The van der Waals surface area contributed by atoms with Crippen LogP contribution < -0.4 is 0 Å². The molecule has 0 aromatic carbocycles. The maximum absolute atomic E-state index is 12.3. The van der Waals surface area contributed by atoms with Gasteiger partial charge in [0.25, 0.3) is 5.91 Å².